The predicted molar refractivity (Wildman–Crippen MR) is 102 cm³/mol. The number of piperazine rings is 1. The molecule has 4 heterocycles. The number of nitrogens with zero attached hydrogens (tertiary/aromatic N) is 2. The molecule has 0 radical (unpaired) electrons. The van der Waals surface area contributed by atoms with Gasteiger partial charge in [-0.1, -0.05) is 24.8 Å². The molecule has 29 heavy (non-hydrogen) atoms. The highest BCUT2D eigenvalue weighted by Crippen LogP contribution is 2.51. The number of amides is 2. The van der Waals surface area contributed by atoms with E-state index < -0.39 is 17.8 Å². The summed E-state index contributed by atoms with van der Waals surface area (Å²) in [5, 5.41) is 12.0. The highest BCUT2D eigenvalue weighted by Gasteiger charge is 2.63. The normalized spacial score (nSPS) is 28.8. The third kappa shape index (κ3) is 1.81. The molecule has 3 atom stereocenters. The Morgan fingerprint density at radius 3 is 2.66 bits per heavy atom. The monoisotopic (exact) mass is 390 g/mol. The smallest absolute Gasteiger partial charge is 0.257 e. The van der Waals surface area contributed by atoms with Crippen molar-refractivity contribution in [3.05, 3.63) is 65.2 Å². The second-order valence-electron chi connectivity index (χ2n) is 7.86. The molecular weight excluding hydrogens is 372 g/mol. The van der Waals surface area contributed by atoms with Crippen molar-refractivity contribution in [1.29, 1.82) is 0 Å². The fourth-order valence-electron chi connectivity index (χ4n) is 5.18. The van der Waals surface area contributed by atoms with Crippen LogP contribution >= 0.6 is 0 Å². The van der Waals surface area contributed by atoms with Crippen LogP contribution in [0.3, 0.4) is 0 Å². The van der Waals surface area contributed by atoms with E-state index in [4.69, 9.17) is 9.47 Å². The summed E-state index contributed by atoms with van der Waals surface area (Å²) in [5.74, 6) is 0.662. The number of benzene rings is 2. The standard InChI is InChI=1S/C22H18N2O5/c1-11-15-9-18-17(28-10-29-18)7-13(15)8-19-22(27)16-6-4-3-5-14(16)21(26)24(22)12(2)20(25)23(11)19/h3-7,9,12,19,27H,1,8,10H2,2H3/t12-,19+,22-/m0/s1. The Balaban J connectivity index is 1.58. The summed E-state index contributed by atoms with van der Waals surface area (Å²) >= 11 is 0. The number of hydrogen-bond donors (Lipinski definition) is 1. The minimum atomic E-state index is -1.63. The van der Waals surface area contributed by atoms with Crippen molar-refractivity contribution in [2.24, 2.45) is 0 Å². The lowest BCUT2D eigenvalue weighted by Gasteiger charge is -2.54. The lowest BCUT2D eigenvalue weighted by Crippen LogP contribution is -2.70. The van der Waals surface area contributed by atoms with Gasteiger partial charge >= 0.3 is 0 Å². The van der Waals surface area contributed by atoms with Crippen LogP contribution in [0.25, 0.3) is 5.70 Å². The van der Waals surface area contributed by atoms with Crippen molar-refractivity contribution in [3.8, 4) is 11.5 Å². The van der Waals surface area contributed by atoms with Crippen LogP contribution in [0.5, 0.6) is 11.5 Å². The maximum Gasteiger partial charge on any atom is 0.257 e. The van der Waals surface area contributed by atoms with E-state index in [2.05, 4.69) is 6.58 Å². The summed E-state index contributed by atoms with van der Waals surface area (Å²) in [6.45, 7) is 5.96. The van der Waals surface area contributed by atoms with Crippen molar-refractivity contribution < 1.29 is 24.2 Å². The number of aliphatic hydroxyl groups is 1. The van der Waals surface area contributed by atoms with Crippen LogP contribution in [-0.4, -0.2) is 45.6 Å². The molecule has 2 amide bonds. The summed E-state index contributed by atoms with van der Waals surface area (Å²) in [4.78, 5) is 29.3. The van der Waals surface area contributed by atoms with Crippen molar-refractivity contribution in [3.63, 3.8) is 0 Å². The number of carbonyl (C=O) groups is 2. The molecule has 7 heteroatoms. The molecule has 6 rings (SSSR count). The van der Waals surface area contributed by atoms with Gasteiger partial charge in [0, 0.05) is 22.4 Å². The largest absolute Gasteiger partial charge is 0.454 e. The number of carbonyl (C=O) groups excluding carboxylic acids is 2. The van der Waals surface area contributed by atoms with Gasteiger partial charge in [0.2, 0.25) is 12.7 Å². The molecule has 0 aliphatic carbocycles. The number of fused-ring (bicyclic) bond motifs is 7. The molecule has 7 nitrogen and oxygen atoms in total. The van der Waals surface area contributed by atoms with E-state index in [0.29, 0.717) is 34.7 Å². The molecule has 4 aliphatic rings. The quantitative estimate of drug-likeness (QED) is 0.743. The van der Waals surface area contributed by atoms with Crippen LogP contribution in [0.1, 0.15) is 34.0 Å². The van der Waals surface area contributed by atoms with Gasteiger partial charge in [0.25, 0.3) is 5.91 Å². The van der Waals surface area contributed by atoms with Gasteiger partial charge in [-0.3, -0.25) is 14.5 Å². The molecule has 2 aromatic rings. The Kier molecular flexibility index (Phi) is 2.97. The zero-order valence-electron chi connectivity index (χ0n) is 15.7. The summed E-state index contributed by atoms with van der Waals surface area (Å²) in [6, 6.07) is 9.21. The first-order valence-electron chi connectivity index (χ1n) is 9.53. The number of hydrogen-bond acceptors (Lipinski definition) is 5. The summed E-state index contributed by atoms with van der Waals surface area (Å²) < 4.78 is 11.0. The third-order valence-corrected chi connectivity index (χ3v) is 6.51. The minimum absolute atomic E-state index is 0.146. The van der Waals surface area contributed by atoms with Crippen molar-refractivity contribution in [1.82, 2.24) is 9.80 Å². The van der Waals surface area contributed by atoms with E-state index in [1.807, 2.05) is 12.1 Å². The van der Waals surface area contributed by atoms with Crippen LogP contribution in [0, 0.1) is 0 Å². The van der Waals surface area contributed by atoms with Gasteiger partial charge in [-0.15, -0.1) is 0 Å². The molecule has 0 spiro atoms. The predicted octanol–water partition coefficient (Wildman–Crippen LogP) is 1.84. The second kappa shape index (κ2) is 5.18. The summed E-state index contributed by atoms with van der Waals surface area (Å²) in [7, 11) is 0. The maximum absolute atomic E-state index is 13.3. The van der Waals surface area contributed by atoms with Gasteiger partial charge in [0.05, 0.1) is 6.04 Å². The molecule has 4 aliphatic heterocycles. The second-order valence-corrected chi connectivity index (χ2v) is 7.86. The Bertz CT molecular complexity index is 1140. The fraction of sp³-hybridized carbons (Fsp3) is 0.273. The van der Waals surface area contributed by atoms with Crippen molar-refractivity contribution in [2.75, 3.05) is 6.79 Å². The zero-order chi connectivity index (χ0) is 20.1. The van der Waals surface area contributed by atoms with E-state index in [1.165, 1.54) is 4.90 Å². The van der Waals surface area contributed by atoms with Gasteiger partial charge in [-0.05, 0) is 37.1 Å². The lowest BCUT2D eigenvalue weighted by molar-refractivity contribution is -0.189. The maximum atomic E-state index is 13.3. The third-order valence-electron chi connectivity index (χ3n) is 6.51. The van der Waals surface area contributed by atoms with Crippen LogP contribution in [0.4, 0.5) is 0 Å². The first-order valence-corrected chi connectivity index (χ1v) is 9.53. The van der Waals surface area contributed by atoms with Gasteiger partial charge in [-0.2, -0.15) is 0 Å². The topological polar surface area (TPSA) is 79.3 Å². The fourth-order valence-corrected chi connectivity index (χ4v) is 5.18. The van der Waals surface area contributed by atoms with Crippen LogP contribution in [-0.2, 0) is 16.9 Å². The average Bonchev–Trinajstić information content (AvgIpc) is 3.26. The van der Waals surface area contributed by atoms with E-state index in [1.54, 1.807) is 36.1 Å². The van der Waals surface area contributed by atoms with Crippen LogP contribution in [0.15, 0.2) is 43.0 Å². The molecular formula is C22H18N2O5. The molecule has 1 saturated heterocycles. The Morgan fingerprint density at radius 1 is 1.14 bits per heavy atom. The summed E-state index contributed by atoms with van der Waals surface area (Å²) in [6.07, 6.45) is 0.359. The summed E-state index contributed by atoms with van der Waals surface area (Å²) in [5.41, 5.74) is 1.51. The van der Waals surface area contributed by atoms with Crippen molar-refractivity contribution in [2.45, 2.75) is 31.2 Å². The first kappa shape index (κ1) is 16.6. The zero-order valence-corrected chi connectivity index (χ0v) is 15.7. The minimum Gasteiger partial charge on any atom is -0.454 e. The molecule has 2 aromatic carbocycles. The Morgan fingerprint density at radius 2 is 1.86 bits per heavy atom. The van der Waals surface area contributed by atoms with Crippen LogP contribution < -0.4 is 9.47 Å². The van der Waals surface area contributed by atoms with E-state index in [9.17, 15) is 14.7 Å². The molecule has 1 N–H and O–H groups in total. The molecule has 0 unspecified atom stereocenters. The molecule has 1 fully saturated rings. The van der Waals surface area contributed by atoms with Gasteiger partial charge < -0.3 is 19.5 Å². The van der Waals surface area contributed by atoms with E-state index in [0.717, 1.165) is 11.1 Å². The Labute approximate surface area is 166 Å². The van der Waals surface area contributed by atoms with Crippen molar-refractivity contribution >= 4 is 17.5 Å². The average molecular weight is 390 g/mol. The molecule has 0 saturated carbocycles. The van der Waals surface area contributed by atoms with Gasteiger partial charge in [0.15, 0.2) is 17.2 Å². The highest BCUT2D eigenvalue weighted by molar-refractivity contribution is 6.05. The molecule has 146 valence electrons. The SMILES string of the molecule is C=C1c2cc3c(cc2C[C@H]2N1C(=O)[C@H](C)N1C(=O)c4ccccc4[C@]21O)OCO3. The van der Waals surface area contributed by atoms with Gasteiger partial charge in [0.1, 0.15) is 6.04 Å². The Hall–Kier alpha value is -3.32. The highest BCUT2D eigenvalue weighted by atomic mass is 16.7. The molecule has 0 bridgehead atoms. The number of rotatable bonds is 0. The molecule has 0 aromatic heterocycles. The van der Waals surface area contributed by atoms with Gasteiger partial charge in [-0.25, -0.2) is 0 Å². The number of ether oxygens (including phenoxy) is 2. The lowest BCUT2D eigenvalue weighted by atomic mass is 9.80. The first-order chi connectivity index (χ1) is 13.9. The van der Waals surface area contributed by atoms with Crippen LogP contribution in [0.2, 0.25) is 0 Å². The van der Waals surface area contributed by atoms with E-state index in [-0.39, 0.29) is 18.6 Å². The van der Waals surface area contributed by atoms with E-state index >= 15 is 0 Å².